The fourth-order valence-electron chi connectivity index (χ4n) is 2.07. The number of halogens is 2. The Balaban J connectivity index is 2.31. The maximum Gasteiger partial charge on any atom is 0.134 e. The maximum atomic E-state index is 6.02. The van der Waals surface area contributed by atoms with Crippen LogP contribution in [-0.2, 0) is 0 Å². The molecular weight excluding hydrogens is 219 g/mol. The highest BCUT2D eigenvalue weighted by Gasteiger charge is 2.27. The minimum atomic E-state index is 0.218. The van der Waals surface area contributed by atoms with Crippen molar-refractivity contribution in [2.45, 2.75) is 31.2 Å². The van der Waals surface area contributed by atoms with Crippen LogP contribution in [0.2, 0.25) is 10.3 Å². The topological polar surface area (TPSA) is 38.9 Å². The fourth-order valence-corrected chi connectivity index (χ4v) is 2.56. The summed E-state index contributed by atoms with van der Waals surface area (Å²) in [6, 6.07) is 3.93. The van der Waals surface area contributed by atoms with Crippen LogP contribution in [0.5, 0.6) is 0 Å². The Morgan fingerprint density at radius 1 is 1.29 bits per heavy atom. The maximum absolute atomic E-state index is 6.02. The van der Waals surface area contributed by atoms with E-state index in [0.29, 0.717) is 16.2 Å². The van der Waals surface area contributed by atoms with Crippen molar-refractivity contribution in [1.82, 2.24) is 4.98 Å². The first kappa shape index (κ1) is 10.2. The summed E-state index contributed by atoms with van der Waals surface area (Å²) in [5.41, 5.74) is 7.04. The molecule has 0 spiro atoms. The van der Waals surface area contributed by atoms with Crippen molar-refractivity contribution in [3.63, 3.8) is 0 Å². The molecule has 1 heterocycles. The summed E-state index contributed by atoms with van der Waals surface area (Å²) in [4.78, 5) is 4.03. The number of aromatic nitrogens is 1. The number of nitrogens with two attached hydrogens (primary N) is 1. The lowest BCUT2D eigenvalue weighted by atomic mass is 9.96. The van der Waals surface area contributed by atoms with Gasteiger partial charge in [-0.15, -0.1) is 0 Å². The second kappa shape index (κ2) is 4.05. The highest BCUT2D eigenvalue weighted by Crippen LogP contribution is 2.36. The lowest BCUT2D eigenvalue weighted by molar-refractivity contribution is 0.611. The molecule has 2 unspecified atom stereocenters. The largest absolute Gasteiger partial charge is 0.327 e. The molecule has 1 aliphatic rings. The van der Waals surface area contributed by atoms with Gasteiger partial charge in [0.05, 0.1) is 0 Å². The van der Waals surface area contributed by atoms with Crippen LogP contribution in [0, 0.1) is 0 Å². The molecule has 0 amide bonds. The third-order valence-electron chi connectivity index (χ3n) is 2.81. The molecule has 1 aromatic rings. The zero-order valence-corrected chi connectivity index (χ0v) is 9.22. The van der Waals surface area contributed by atoms with Gasteiger partial charge in [0.2, 0.25) is 0 Å². The van der Waals surface area contributed by atoms with E-state index >= 15 is 0 Å². The number of nitrogens with zero attached hydrogens (tertiary/aromatic N) is 1. The quantitative estimate of drug-likeness (QED) is 0.754. The number of hydrogen-bond donors (Lipinski definition) is 1. The van der Waals surface area contributed by atoms with E-state index in [2.05, 4.69) is 4.98 Å². The summed E-state index contributed by atoms with van der Waals surface area (Å²) in [7, 11) is 0. The first-order chi connectivity index (χ1) is 6.68. The predicted molar refractivity (Wildman–Crippen MR) is 58.8 cm³/mol. The van der Waals surface area contributed by atoms with Crippen LogP contribution in [0.3, 0.4) is 0 Å². The van der Waals surface area contributed by atoms with Crippen LogP contribution >= 0.6 is 23.2 Å². The third-order valence-corrected chi connectivity index (χ3v) is 3.33. The van der Waals surface area contributed by atoms with Gasteiger partial charge < -0.3 is 5.73 Å². The molecule has 14 heavy (non-hydrogen) atoms. The molecule has 76 valence electrons. The molecule has 2 rings (SSSR count). The van der Waals surface area contributed by atoms with Gasteiger partial charge in [0.1, 0.15) is 10.3 Å². The second-order valence-corrected chi connectivity index (χ2v) is 4.46. The SMILES string of the molecule is NC1CCCC1c1ccc(Cl)nc1Cl. The normalized spacial score (nSPS) is 26.8. The molecule has 1 aromatic heterocycles. The van der Waals surface area contributed by atoms with Crippen LogP contribution < -0.4 is 5.73 Å². The van der Waals surface area contributed by atoms with Crippen molar-refractivity contribution >= 4 is 23.2 Å². The molecule has 2 N–H and O–H groups in total. The Morgan fingerprint density at radius 3 is 2.64 bits per heavy atom. The Kier molecular flexibility index (Phi) is 2.96. The Morgan fingerprint density at radius 2 is 2.07 bits per heavy atom. The second-order valence-electron chi connectivity index (χ2n) is 3.72. The first-order valence-electron chi connectivity index (χ1n) is 4.76. The summed E-state index contributed by atoms with van der Waals surface area (Å²) in [6.07, 6.45) is 3.35. The summed E-state index contributed by atoms with van der Waals surface area (Å²) in [5.74, 6) is 0.354. The van der Waals surface area contributed by atoms with E-state index in [-0.39, 0.29) is 6.04 Å². The summed E-state index contributed by atoms with van der Waals surface area (Å²) >= 11 is 11.8. The van der Waals surface area contributed by atoms with Crippen LogP contribution in [0.25, 0.3) is 0 Å². The Labute approximate surface area is 93.4 Å². The molecule has 0 bridgehead atoms. The van der Waals surface area contributed by atoms with Crippen LogP contribution in [0.1, 0.15) is 30.7 Å². The minimum Gasteiger partial charge on any atom is -0.327 e. The minimum absolute atomic E-state index is 0.218. The summed E-state index contributed by atoms with van der Waals surface area (Å²) in [6.45, 7) is 0. The molecule has 0 radical (unpaired) electrons. The zero-order valence-electron chi connectivity index (χ0n) is 7.71. The van der Waals surface area contributed by atoms with Crippen molar-refractivity contribution in [3.8, 4) is 0 Å². The van der Waals surface area contributed by atoms with E-state index in [9.17, 15) is 0 Å². The van der Waals surface area contributed by atoms with E-state index in [1.54, 1.807) is 6.07 Å². The van der Waals surface area contributed by atoms with Crippen molar-refractivity contribution in [2.75, 3.05) is 0 Å². The molecular formula is C10H12Cl2N2. The molecule has 1 fully saturated rings. The molecule has 0 aromatic carbocycles. The van der Waals surface area contributed by atoms with Gasteiger partial charge in [-0.05, 0) is 24.5 Å². The van der Waals surface area contributed by atoms with Gasteiger partial charge in [0.25, 0.3) is 0 Å². The van der Waals surface area contributed by atoms with Gasteiger partial charge in [-0.25, -0.2) is 4.98 Å². The van der Waals surface area contributed by atoms with E-state index in [4.69, 9.17) is 28.9 Å². The predicted octanol–water partition coefficient (Wildman–Crippen LogP) is 2.98. The average Bonchev–Trinajstić information content (AvgIpc) is 2.52. The van der Waals surface area contributed by atoms with Crippen molar-refractivity contribution in [3.05, 3.63) is 28.0 Å². The average molecular weight is 231 g/mol. The first-order valence-corrected chi connectivity index (χ1v) is 5.51. The van der Waals surface area contributed by atoms with Crippen LogP contribution in [0.15, 0.2) is 12.1 Å². The highest BCUT2D eigenvalue weighted by molar-refractivity contribution is 6.32. The number of pyridine rings is 1. The smallest absolute Gasteiger partial charge is 0.134 e. The number of rotatable bonds is 1. The molecule has 0 saturated heterocycles. The molecule has 0 aliphatic heterocycles. The van der Waals surface area contributed by atoms with Gasteiger partial charge in [-0.2, -0.15) is 0 Å². The van der Waals surface area contributed by atoms with E-state index < -0.39 is 0 Å². The van der Waals surface area contributed by atoms with E-state index in [1.807, 2.05) is 6.07 Å². The zero-order chi connectivity index (χ0) is 10.1. The lowest BCUT2D eigenvalue weighted by Gasteiger charge is -2.16. The molecule has 2 atom stereocenters. The van der Waals surface area contributed by atoms with Crippen LogP contribution in [-0.4, -0.2) is 11.0 Å². The summed E-state index contributed by atoms with van der Waals surface area (Å²) < 4.78 is 0. The lowest BCUT2D eigenvalue weighted by Crippen LogP contribution is -2.23. The van der Waals surface area contributed by atoms with E-state index in [0.717, 1.165) is 18.4 Å². The highest BCUT2D eigenvalue weighted by atomic mass is 35.5. The van der Waals surface area contributed by atoms with Gasteiger partial charge in [0.15, 0.2) is 0 Å². The van der Waals surface area contributed by atoms with Crippen molar-refractivity contribution < 1.29 is 0 Å². The van der Waals surface area contributed by atoms with Crippen LogP contribution in [0.4, 0.5) is 0 Å². The summed E-state index contributed by atoms with van der Waals surface area (Å²) in [5, 5.41) is 0.935. The fraction of sp³-hybridized carbons (Fsp3) is 0.500. The number of hydrogen-bond acceptors (Lipinski definition) is 2. The van der Waals surface area contributed by atoms with E-state index in [1.165, 1.54) is 6.42 Å². The third kappa shape index (κ3) is 1.88. The Hall–Kier alpha value is -0.310. The van der Waals surface area contributed by atoms with Crippen molar-refractivity contribution in [2.24, 2.45) is 5.73 Å². The molecule has 1 aliphatic carbocycles. The molecule has 4 heteroatoms. The van der Waals surface area contributed by atoms with Gasteiger partial charge >= 0.3 is 0 Å². The standard InChI is InChI=1S/C10H12Cl2N2/c11-9-5-4-7(10(12)14-9)6-2-1-3-8(6)13/h4-6,8H,1-3,13H2. The molecule has 1 saturated carbocycles. The monoisotopic (exact) mass is 230 g/mol. The molecule has 2 nitrogen and oxygen atoms in total. The van der Waals surface area contributed by atoms with Crippen molar-refractivity contribution in [1.29, 1.82) is 0 Å². The van der Waals surface area contributed by atoms with Gasteiger partial charge in [-0.1, -0.05) is 35.7 Å². The van der Waals surface area contributed by atoms with Gasteiger partial charge in [0, 0.05) is 12.0 Å². The Bertz CT molecular complexity index is 341. The van der Waals surface area contributed by atoms with Gasteiger partial charge in [-0.3, -0.25) is 0 Å².